The van der Waals surface area contributed by atoms with Crippen LogP contribution in [0.5, 0.6) is 5.75 Å². The lowest BCUT2D eigenvalue weighted by Gasteiger charge is -2.19. The maximum absolute atomic E-state index is 10.3. The second-order valence-electron chi connectivity index (χ2n) is 7.08. The van der Waals surface area contributed by atoms with Crippen molar-refractivity contribution < 1.29 is 10.2 Å². The molecule has 120 valence electrons. The van der Waals surface area contributed by atoms with E-state index in [4.69, 9.17) is 0 Å². The number of unbranched alkanes of at least 4 members (excludes halogenated alkanes) is 3. The summed E-state index contributed by atoms with van der Waals surface area (Å²) in [5, 5.41) is 19.9. The van der Waals surface area contributed by atoms with E-state index < -0.39 is 0 Å². The van der Waals surface area contributed by atoms with E-state index >= 15 is 0 Å². The van der Waals surface area contributed by atoms with Crippen molar-refractivity contribution in [3.8, 4) is 5.75 Å². The molecular weight excluding hydrogens is 272 g/mol. The quantitative estimate of drug-likeness (QED) is 0.582. The molecule has 0 aromatic heterocycles. The SMILES string of the molecule is CCCCCC=CC1[C@H]2C(Cc3cccc(O)c3)C(O)C[C@@H]12. The lowest BCUT2D eigenvalue weighted by atomic mass is 9.90. The Kier molecular flexibility index (Phi) is 4.87. The van der Waals surface area contributed by atoms with Crippen LogP contribution in [0.4, 0.5) is 0 Å². The topological polar surface area (TPSA) is 40.5 Å². The molecule has 5 atom stereocenters. The average Bonchev–Trinajstić information content (AvgIpc) is 3.06. The van der Waals surface area contributed by atoms with E-state index in [9.17, 15) is 10.2 Å². The van der Waals surface area contributed by atoms with Crippen LogP contribution in [0.15, 0.2) is 36.4 Å². The number of hydrogen-bond acceptors (Lipinski definition) is 2. The molecule has 1 aromatic carbocycles. The van der Waals surface area contributed by atoms with E-state index in [1.807, 2.05) is 12.1 Å². The molecule has 0 spiro atoms. The fourth-order valence-corrected chi connectivity index (χ4v) is 4.32. The Hall–Kier alpha value is -1.28. The summed E-state index contributed by atoms with van der Waals surface area (Å²) >= 11 is 0. The highest BCUT2D eigenvalue weighted by Crippen LogP contribution is 2.61. The number of rotatable bonds is 7. The van der Waals surface area contributed by atoms with E-state index in [1.165, 1.54) is 25.7 Å². The minimum atomic E-state index is -0.165. The van der Waals surface area contributed by atoms with Crippen molar-refractivity contribution >= 4 is 0 Å². The number of benzene rings is 1. The predicted octanol–water partition coefficient (Wildman–Crippen LogP) is 4.31. The summed E-state index contributed by atoms with van der Waals surface area (Å²) in [7, 11) is 0. The van der Waals surface area contributed by atoms with Crippen molar-refractivity contribution in [2.75, 3.05) is 0 Å². The number of aliphatic hydroxyl groups excluding tert-OH is 1. The summed E-state index contributed by atoms with van der Waals surface area (Å²) < 4.78 is 0. The van der Waals surface area contributed by atoms with Gasteiger partial charge in [0.1, 0.15) is 5.75 Å². The van der Waals surface area contributed by atoms with Crippen LogP contribution < -0.4 is 0 Å². The molecule has 2 heteroatoms. The Morgan fingerprint density at radius 1 is 1.27 bits per heavy atom. The molecule has 2 aliphatic rings. The van der Waals surface area contributed by atoms with Crippen molar-refractivity contribution in [2.45, 2.75) is 51.6 Å². The number of allylic oxidation sites excluding steroid dienone is 2. The number of aliphatic hydroxyl groups is 1. The number of fused-ring (bicyclic) bond motifs is 1. The Bertz CT molecular complexity index is 522. The van der Waals surface area contributed by atoms with Crippen LogP contribution in [0.1, 0.15) is 44.6 Å². The van der Waals surface area contributed by atoms with Gasteiger partial charge in [0.2, 0.25) is 0 Å². The molecule has 0 amide bonds. The van der Waals surface area contributed by atoms with Crippen LogP contribution in [0, 0.1) is 23.7 Å². The van der Waals surface area contributed by atoms with Crippen molar-refractivity contribution in [1.29, 1.82) is 0 Å². The zero-order valence-corrected chi connectivity index (χ0v) is 13.5. The smallest absolute Gasteiger partial charge is 0.115 e. The van der Waals surface area contributed by atoms with Crippen molar-refractivity contribution in [3.05, 3.63) is 42.0 Å². The third-order valence-corrected chi connectivity index (χ3v) is 5.51. The monoisotopic (exact) mass is 300 g/mol. The van der Waals surface area contributed by atoms with Crippen molar-refractivity contribution in [1.82, 2.24) is 0 Å². The van der Waals surface area contributed by atoms with E-state index in [-0.39, 0.29) is 6.10 Å². The van der Waals surface area contributed by atoms with Gasteiger partial charge in [0.05, 0.1) is 6.10 Å². The third-order valence-electron chi connectivity index (χ3n) is 5.51. The normalized spacial score (nSPS) is 33.3. The number of hydrogen-bond donors (Lipinski definition) is 2. The zero-order valence-electron chi connectivity index (χ0n) is 13.5. The maximum atomic E-state index is 10.3. The van der Waals surface area contributed by atoms with Crippen molar-refractivity contribution in [2.24, 2.45) is 23.7 Å². The minimum Gasteiger partial charge on any atom is -0.508 e. The first kappa shape index (κ1) is 15.6. The van der Waals surface area contributed by atoms with Gasteiger partial charge in [-0.25, -0.2) is 0 Å². The lowest BCUT2D eigenvalue weighted by Crippen LogP contribution is -2.21. The van der Waals surface area contributed by atoms with Gasteiger partial charge in [-0.1, -0.05) is 44.1 Å². The average molecular weight is 300 g/mol. The maximum Gasteiger partial charge on any atom is 0.115 e. The molecule has 1 aromatic rings. The van der Waals surface area contributed by atoms with E-state index in [0.717, 1.165) is 18.4 Å². The molecule has 0 bridgehead atoms. The molecule has 2 saturated carbocycles. The Morgan fingerprint density at radius 2 is 2.14 bits per heavy atom. The van der Waals surface area contributed by atoms with Crippen molar-refractivity contribution in [3.63, 3.8) is 0 Å². The first-order chi connectivity index (χ1) is 10.7. The van der Waals surface area contributed by atoms with Crippen LogP contribution in [0.25, 0.3) is 0 Å². The number of aromatic hydroxyl groups is 1. The minimum absolute atomic E-state index is 0.165. The van der Waals surface area contributed by atoms with E-state index in [1.54, 1.807) is 6.07 Å². The molecule has 2 aliphatic carbocycles. The van der Waals surface area contributed by atoms with Gasteiger partial charge >= 0.3 is 0 Å². The molecule has 0 saturated heterocycles. The summed E-state index contributed by atoms with van der Waals surface area (Å²) in [4.78, 5) is 0. The summed E-state index contributed by atoms with van der Waals surface area (Å²) in [6.07, 6.45) is 11.5. The van der Waals surface area contributed by atoms with E-state index in [2.05, 4.69) is 25.1 Å². The number of phenolic OH excluding ortho intramolecular Hbond substituents is 1. The second-order valence-corrected chi connectivity index (χ2v) is 7.08. The first-order valence-corrected chi connectivity index (χ1v) is 8.83. The van der Waals surface area contributed by atoms with Gasteiger partial charge in [0.15, 0.2) is 0 Å². The Balaban J connectivity index is 1.54. The van der Waals surface area contributed by atoms with Crippen LogP contribution in [-0.2, 0) is 6.42 Å². The molecule has 2 N–H and O–H groups in total. The zero-order chi connectivity index (χ0) is 15.5. The molecule has 22 heavy (non-hydrogen) atoms. The van der Waals surface area contributed by atoms with Gasteiger partial charge in [-0.2, -0.15) is 0 Å². The molecule has 3 unspecified atom stereocenters. The Morgan fingerprint density at radius 3 is 2.91 bits per heavy atom. The standard InChI is InChI=1S/C20H28O2/c1-2-3-4-5-6-10-16-17-13-19(22)18(20(16)17)12-14-8-7-9-15(21)11-14/h6-11,16-22H,2-5,12-13H2,1H3/t16?,17-,18?,19?,20+/m0/s1. The fourth-order valence-electron chi connectivity index (χ4n) is 4.32. The van der Waals surface area contributed by atoms with Crippen LogP contribution in [-0.4, -0.2) is 16.3 Å². The molecule has 0 aliphatic heterocycles. The first-order valence-electron chi connectivity index (χ1n) is 8.83. The molecule has 2 fully saturated rings. The highest BCUT2D eigenvalue weighted by atomic mass is 16.3. The fraction of sp³-hybridized carbons (Fsp3) is 0.600. The summed E-state index contributed by atoms with van der Waals surface area (Å²) in [6, 6.07) is 7.48. The van der Waals surface area contributed by atoms with Gasteiger partial charge in [-0.3, -0.25) is 0 Å². The van der Waals surface area contributed by atoms with Gasteiger partial charge in [0, 0.05) is 0 Å². The second kappa shape index (κ2) is 6.87. The van der Waals surface area contributed by atoms with Crippen LogP contribution in [0.3, 0.4) is 0 Å². The summed E-state index contributed by atoms with van der Waals surface area (Å²) in [6.45, 7) is 2.24. The predicted molar refractivity (Wildman–Crippen MR) is 89.7 cm³/mol. The van der Waals surface area contributed by atoms with E-state index in [0.29, 0.717) is 29.4 Å². The summed E-state index contributed by atoms with van der Waals surface area (Å²) in [5.41, 5.74) is 1.14. The lowest BCUT2D eigenvalue weighted by molar-refractivity contribution is 0.108. The highest BCUT2D eigenvalue weighted by molar-refractivity contribution is 5.29. The van der Waals surface area contributed by atoms with Crippen LogP contribution >= 0.6 is 0 Å². The van der Waals surface area contributed by atoms with Gasteiger partial charge in [-0.15, -0.1) is 0 Å². The molecule has 0 radical (unpaired) electrons. The van der Waals surface area contributed by atoms with Gasteiger partial charge in [-0.05, 0) is 67.1 Å². The molecular formula is C20H28O2. The van der Waals surface area contributed by atoms with Gasteiger partial charge in [0.25, 0.3) is 0 Å². The largest absolute Gasteiger partial charge is 0.508 e. The van der Waals surface area contributed by atoms with Crippen LogP contribution in [0.2, 0.25) is 0 Å². The third kappa shape index (κ3) is 3.38. The highest BCUT2D eigenvalue weighted by Gasteiger charge is 2.59. The molecule has 0 heterocycles. The molecule has 2 nitrogen and oxygen atoms in total. The van der Waals surface area contributed by atoms with Gasteiger partial charge < -0.3 is 10.2 Å². The summed E-state index contributed by atoms with van der Waals surface area (Å²) in [5.74, 6) is 2.72. The Labute approximate surface area is 133 Å². The number of phenols is 1. The molecule has 3 rings (SSSR count).